The minimum atomic E-state index is -3.65. The summed E-state index contributed by atoms with van der Waals surface area (Å²) in [5, 5.41) is 0. The van der Waals surface area contributed by atoms with Crippen molar-refractivity contribution in [1.29, 1.82) is 0 Å². The van der Waals surface area contributed by atoms with Gasteiger partial charge in [-0.3, -0.25) is 0 Å². The molecule has 0 amide bonds. The fourth-order valence-corrected chi connectivity index (χ4v) is 4.16. The highest BCUT2D eigenvalue weighted by Crippen LogP contribution is 2.41. The van der Waals surface area contributed by atoms with Crippen molar-refractivity contribution in [3.63, 3.8) is 0 Å². The van der Waals surface area contributed by atoms with Crippen LogP contribution in [-0.2, 0) is 0 Å². The van der Waals surface area contributed by atoms with Crippen LogP contribution >= 0.6 is 0 Å². The molecule has 0 radical (unpaired) electrons. The number of alkyl halides is 2. The number of benzene rings is 2. The van der Waals surface area contributed by atoms with Crippen molar-refractivity contribution in [2.24, 2.45) is 11.8 Å². The first kappa shape index (κ1) is 25.8. The second kappa shape index (κ2) is 11.1. The Bertz CT molecular complexity index is 1070. The van der Waals surface area contributed by atoms with E-state index in [0.717, 1.165) is 37.1 Å². The SMILES string of the molecule is CCCC1CCC(C(F)(F)Oc2ccc(C#Cc3ccc(OCC)c(F)c3F)c(F)c2F)CC1. The highest BCUT2D eigenvalue weighted by molar-refractivity contribution is 5.47. The monoisotopic (exact) mass is 484 g/mol. The van der Waals surface area contributed by atoms with Crippen molar-refractivity contribution in [2.75, 3.05) is 6.61 Å². The van der Waals surface area contributed by atoms with Gasteiger partial charge < -0.3 is 9.47 Å². The molecule has 0 aliphatic heterocycles. The summed E-state index contributed by atoms with van der Waals surface area (Å²) in [7, 11) is 0. The maximum atomic E-state index is 14.6. The minimum absolute atomic E-state index is 0.124. The molecular formula is C26H26F6O2. The van der Waals surface area contributed by atoms with Gasteiger partial charge in [-0.15, -0.1) is 0 Å². The lowest BCUT2D eigenvalue weighted by Gasteiger charge is -2.33. The Labute approximate surface area is 195 Å². The summed E-state index contributed by atoms with van der Waals surface area (Å²) in [4.78, 5) is 0. The van der Waals surface area contributed by atoms with Gasteiger partial charge in [0.1, 0.15) is 0 Å². The van der Waals surface area contributed by atoms with Gasteiger partial charge in [0, 0.05) is 0 Å². The average molecular weight is 484 g/mol. The summed E-state index contributed by atoms with van der Waals surface area (Å²) in [6.45, 7) is 3.77. The summed E-state index contributed by atoms with van der Waals surface area (Å²) in [6.07, 6.45) is 0.0968. The third-order valence-electron chi connectivity index (χ3n) is 5.99. The maximum Gasteiger partial charge on any atom is 0.400 e. The molecule has 1 fully saturated rings. The molecule has 0 heterocycles. The number of hydrogen-bond donors (Lipinski definition) is 0. The predicted molar refractivity (Wildman–Crippen MR) is 116 cm³/mol. The lowest BCUT2D eigenvalue weighted by molar-refractivity contribution is -0.224. The van der Waals surface area contributed by atoms with Gasteiger partial charge in [0.15, 0.2) is 23.1 Å². The van der Waals surface area contributed by atoms with Crippen LogP contribution in [0.15, 0.2) is 24.3 Å². The largest absolute Gasteiger partial charge is 0.491 e. The quantitative estimate of drug-likeness (QED) is 0.297. The Kier molecular flexibility index (Phi) is 8.40. The van der Waals surface area contributed by atoms with Crippen molar-refractivity contribution in [3.05, 3.63) is 58.7 Å². The van der Waals surface area contributed by atoms with Crippen LogP contribution in [0.25, 0.3) is 0 Å². The van der Waals surface area contributed by atoms with Crippen LogP contribution in [0.1, 0.15) is 63.5 Å². The minimum Gasteiger partial charge on any atom is -0.491 e. The van der Waals surface area contributed by atoms with E-state index in [1.807, 2.05) is 6.92 Å². The highest BCUT2D eigenvalue weighted by Gasteiger charge is 2.44. The van der Waals surface area contributed by atoms with Crippen molar-refractivity contribution >= 4 is 0 Å². The molecule has 3 rings (SSSR count). The first-order chi connectivity index (χ1) is 16.2. The third kappa shape index (κ3) is 5.81. The lowest BCUT2D eigenvalue weighted by atomic mass is 9.79. The molecule has 1 saturated carbocycles. The highest BCUT2D eigenvalue weighted by atomic mass is 19.3. The van der Waals surface area contributed by atoms with Crippen molar-refractivity contribution in [2.45, 2.75) is 58.5 Å². The third-order valence-corrected chi connectivity index (χ3v) is 5.99. The van der Waals surface area contributed by atoms with E-state index in [1.54, 1.807) is 6.92 Å². The first-order valence-electron chi connectivity index (χ1n) is 11.4. The maximum absolute atomic E-state index is 14.6. The Morgan fingerprint density at radius 3 is 1.85 bits per heavy atom. The fourth-order valence-electron chi connectivity index (χ4n) is 4.16. The second-order valence-electron chi connectivity index (χ2n) is 8.33. The number of halogens is 6. The zero-order chi connectivity index (χ0) is 24.9. The van der Waals surface area contributed by atoms with Crippen LogP contribution in [0.4, 0.5) is 26.3 Å². The smallest absolute Gasteiger partial charge is 0.400 e. The molecule has 0 aromatic heterocycles. The molecule has 1 aliphatic rings. The topological polar surface area (TPSA) is 18.5 Å². The molecule has 0 spiro atoms. The van der Waals surface area contributed by atoms with E-state index in [-0.39, 0.29) is 25.2 Å². The van der Waals surface area contributed by atoms with E-state index >= 15 is 0 Å². The van der Waals surface area contributed by atoms with Gasteiger partial charge in [-0.25, -0.2) is 8.78 Å². The molecule has 0 N–H and O–H groups in total. The zero-order valence-electron chi connectivity index (χ0n) is 19.0. The van der Waals surface area contributed by atoms with E-state index in [2.05, 4.69) is 16.6 Å². The molecule has 184 valence electrons. The number of rotatable bonds is 7. The van der Waals surface area contributed by atoms with E-state index in [1.165, 1.54) is 0 Å². The normalized spacial score (nSPS) is 18.2. The molecule has 0 atom stereocenters. The van der Waals surface area contributed by atoms with Crippen molar-refractivity contribution < 1.29 is 35.8 Å². The molecule has 0 bridgehead atoms. The molecule has 34 heavy (non-hydrogen) atoms. The molecular weight excluding hydrogens is 458 g/mol. The summed E-state index contributed by atoms with van der Waals surface area (Å²) in [5.41, 5.74) is -0.909. The lowest BCUT2D eigenvalue weighted by Crippen LogP contribution is -2.37. The molecule has 0 unspecified atom stereocenters. The summed E-state index contributed by atoms with van der Waals surface area (Å²) < 4.78 is 95.9. The Hall–Kier alpha value is -2.82. The van der Waals surface area contributed by atoms with Crippen LogP contribution in [0, 0.1) is 46.9 Å². The standard InChI is InChI=1S/C26H26F6O2/c1-3-5-16-6-12-19(13-7-16)26(31,32)34-21-15-11-18(23(28)25(21)30)9-8-17-10-14-20(33-4-2)24(29)22(17)27/h10-11,14-16,19H,3-7,12-13H2,1-2H3. The predicted octanol–water partition coefficient (Wildman–Crippen LogP) is 7.62. The van der Waals surface area contributed by atoms with E-state index < -0.39 is 52.2 Å². The van der Waals surface area contributed by atoms with E-state index in [9.17, 15) is 26.3 Å². The number of ether oxygens (including phenoxy) is 2. The van der Waals surface area contributed by atoms with Crippen LogP contribution in [0.5, 0.6) is 11.5 Å². The second-order valence-corrected chi connectivity index (χ2v) is 8.33. The van der Waals surface area contributed by atoms with Crippen LogP contribution < -0.4 is 9.47 Å². The Morgan fingerprint density at radius 2 is 1.32 bits per heavy atom. The van der Waals surface area contributed by atoms with Crippen LogP contribution in [0.2, 0.25) is 0 Å². The fraction of sp³-hybridized carbons (Fsp3) is 0.462. The molecule has 2 aromatic rings. The molecule has 2 nitrogen and oxygen atoms in total. The Morgan fingerprint density at radius 1 is 0.794 bits per heavy atom. The van der Waals surface area contributed by atoms with Gasteiger partial charge in [-0.05, 0) is 62.8 Å². The van der Waals surface area contributed by atoms with Gasteiger partial charge in [0.2, 0.25) is 11.6 Å². The van der Waals surface area contributed by atoms with Crippen LogP contribution in [-0.4, -0.2) is 12.7 Å². The van der Waals surface area contributed by atoms with Crippen LogP contribution in [0.3, 0.4) is 0 Å². The van der Waals surface area contributed by atoms with Gasteiger partial charge in [-0.1, -0.05) is 31.6 Å². The molecule has 1 aliphatic carbocycles. The van der Waals surface area contributed by atoms with Gasteiger partial charge in [0.25, 0.3) is 0 Å². The van der Waals surface area contributed by atoms with Gasteiger partial charge in [-0.2, -0.15) is 17.6 Å². The number of hydrogen-bond acceptors (Lipinski definition) is 2. The first-order valence-corrected chi connectivity index (χ1v) is 11.4. The van der Waals surface area contributed by atoms with E-state index in [4.69, 9.17) is 4.74 Å². The van der Waals surface area contributed by atoms with Gasteiger partial charge in [0.05, 0.1) is 23.7 Å². The van der Waals surface area contributed by atoms with E-state index in [0.29, 0.717) is 18.8 Å². The molecule has 0 saturated heterocycles. The summed E-state index contributed by atoms with van der Waals surface area (Å²) in [5.74, 6) is -3.17. The van der Waals surface area contributed by atoms with Gasteiger partial charge >= 0.3 is 6.11 Å². The van der Waals surface area contributed by atoms with Crippen molar-refractivity contribution in [1.82, 2.24) is 0 Å². The summed E-state index contributed by atoms with van der Waals surface area (Å²) in [6, 6.07) is 4.11. The zero-order valence-corrected chi connectivity index (χ0v) is 19.0. The average Bonchev–Trinajstić information content (AvgIpc) is 2.81. The Balaban J connectivity index is 1.76. The summed E-state index contributed by atoms with van der Waals surface area (Å²) >= 11 is 0. The molecule has 8 heteroatoms. The molecule has 2 aromatic carbocycles. The van der Waals surface area contributed by atoms with Crippen molar-refractivity contribution in [3.8, 4) is 23.3 Å².